The average Bonchev–Trinajstić information content (AvgIpc) is 2.31. The zero-order chi connectivity index (χ0) is 13.9. The fourth-order valence-corrected chi connectivity index (χ4v) is 1.68. The third-order valence-corrected chi connectivity index (χ3v) is 2.58. The highest BCUT2D eigenvalue weighted by atomic mass is 31.0. The SMILES string of the molecule is CN(C)C(=O)c1nc(N(C)CCP)[nH]c(=O)c1O. The second-order valence-electron chi connectivity index (χ2n) is 4.00. The fourth-order valence-electron chi connectivity index (χ4n) is 1.30. The van der Waals surface area contributed by atoms with Gasteiger partial charge in [-0.1, -0.05) is 0 Å². The first-order chi connectivity index (χ1) is 8.38. The van der Waals surface area contributed by atoms with Crippen molar-refractivity contribution < 1.29 is 9.90 Å². The number of nitrogens with zero attached hydrogens (tertiary/aromatic N) is 3. The van der Waals surface area contributed by atoms with Crippen LogP contribution in [0, 0.1) is 0 Å². The zero-order valence-corrected chi connectivity index (χ0v) is 11.8. The Morgan fingerprint density at radius 1 is 1.44 bits per heavy atom. The number of aromatic amines is 1. The summed E-state index contributed by atoms with van der Waals surface area (Å²) in [5.74, 6) is -0.915. The molecule has 0 saturated carbocycles. The van der Waals surface area contributed by atoms with Gasteiger partial charge >= 0.3 is 0 Å². The van der Waals surface area contributed by atoms with Crippen LogP contribution < -0.4 is 10.5 Å². The summed E-state index contributed by atoms with van der Waals surface area (Å²) in [4.78, 5) is 32.7. The Hall–Kier alpha value is -1.62. The number of aromatic nitrogens is 2. The van der Waals surface area contributed by atoms with Crippen molar-refractivity contribution in [2.24, 2.45) is 0 Å². The molecular formula is C10H17N4O3P. The summed E-state index contributed by atoms with van der Waals surface area (Å²) >= 11 is 0. The monoisotopic (exact) mass is 272 g/mol. The average molecular weight is 272 g/mol. The molecule has 2 N–H and O–H groups in total. The predicted molar refractivity (Wildman–Crippen MR) is 72.4 cm³/mol. The standard InChI is InChI=1S/C10H17N4O3P/c1-13(2)9(17)6-7(15)8(16)12-10(11-6)14(3)4-5-18/h15H,4-5,18H2,1-3H3,(H,11,12,16). The van der Waals surface area contributed by atoms with Crippen LogP contribution in [-0.4, -0.2) is 59.7 Å². The van der Waals surface area contributed by atoms with Gasteiger partial charge in [0.1, 0.15) is 0 Å². The minimum absolute atomic E-state index is 0.241. The molecule has 1 atom stereocenters. The van der Waals surface area contributed by atoms with E-state index in [9.17, 15) is 14.7 Å². The lowest BCUT2D eigenvalue weighted by atomic mass is 10.3. The van der Waals surface area contributed by atoms with Crippen LogP contribution in [0.15, 0.2) is 4.79 Å². The predicted octanol–water partition coefficient (Wildman–Crippen LogP) is -0.511. The van der Waals surface area contributed by atoms with Gasteiger partial charge < -0.3 is 14.9 Å². The largest absolute Gasteiger partial charge is 0.501 e. The Bertz CT molecular complexity index is 500. The molecule has 1 unspecified atom stereocenters. The summed E-state index contributed by atoms with van der Waals surface area (Å²) in [7, 11) is 7.34. The van der Waals surface area contributed by atoms with Gasteiger partial charge in [-0.2, -0.15) is 0 Å². The van der Waals surface area contributed by atoms with Crippen LogP contribution in [0.3, 0.4) is 0 Å². The lowest BCUT2D eigenvalue weighted by Gasteiger charge is -2.18. The van der Waals surface area contributed by atoms with Crippen LogP contribution >= 0.6 is 9.24 Å². The second-order valence-corrected chi connectivity index (χ2v) is 4.57. The van der Waals surface area contributed by atoms with Crippen molar-refractivity contribution >= 4 is 21.1 Å². The molecule has 0 aliphatic rings. The van der Waals surface area contributed by atoms with Crippen LogP contribution in [0.1, 0.15) is 10.5 Å². The highest BCUT2D eigenvalue weighted by Gasteiger charge is 2.20. The van der Waals surface area contributed by atoms with Gasteiger partial charge in [0.2, 0.25) is 11.7 Å². The van der Waals surface area contributed by atoms with Crippen LogP contribution in [0.2, 0.25) is 0 Å². The molecular weight excluding hydrogens is 255 g/mol. The zero-order valence-electron chi connectivity index (χ0n) is 10.6. The van der Waals surface area contributed by atoms with Crippen molar-refractivity contribution in [3.63, 3.8) is 0 Å². The van der Waals surface area contributed by atoms with E-state index in [1.807, 2.05) is 0 Å². The molecule has 8 heteroatoms. The van der Waals surface area contributed by atoms with Gasteiger partial charge in [0.15, 0.2) is 5.69 Å². The number of hydrogen-bond donors (Lipinski definition) is 2. The lowest BCUT2D eigenvalue weighted by Crippen LogP contribution is -2.29. The molecule has 100 valence electrons. The molecule has 0 radical (unpaired) electrons. The molecule has 0 bridgehead atoms. The van der Waals surface area contributed by atoms with E-state index >= 15 is 0 Å². The van der Waals surface area contributed by atoms with Gasteiger partial charge in [-0.15, -0.1) is 9.24 Å². The van der Waals surface area contributed by atoms with E-state index in [0.717, 1.165) is 6.16 Å². The Kier molecular flexibility index (Phi) is 4.67. The first-order valence-corrected chi connectivity index (χ1v) is 6.16. The third-order valence-electron chi connectivity index (χ3n) is 2.32. The molecule has 1 aromatic rings. The number of hydrogen-bond acceptors (Lipinski definition) is 5. The summed E-state index contributed by atoms with van der Waals surface area (Å²) in [5, 5.41) is 9.58. The highest BCUT2D eigenvalue weighted by molar-refractivity contribution is 7.16. The Morgan fingerprint density at radius 3 is 2.56 bits per heavy atom. The Labute approximate surface area is 107 Å². The van der Waals surface area contributed by atoms with E-state index < -0.39 is 17.2 Å². The molecule has 0 aromatic carbocycles. The van der Waals surface area contributed by atoms with Crippen molar-refractivity contribution in [3.8, 4) is 5.75 Å². The molecule has 0 fully saturated rings. The van der Waals surface area contributed by atoms with E-state index in [1.165, 1.54) is 19.0 Å². The van der Waals surface area contributed by atoms with Crippen molar-refractivity contribution in [3.05, 3.63) is 16.0 Å². The third kappa shape index (κ3) is 2.98. The first kappa shape index (κ1) is 14.4. The number of carbonyl (C=O) groups excluding carboxylic acids is 1. The molecule has 1 rings (SSSR count). The Morgan fingerprint density at radius 2 is 2.06 bits per heavy atom. The number of rotatable bonds is 4. The fraction of sp³-hybridized carbons (Fsp3) is 0.500. The topological polar surface area (TPSA) is 89.5 Å². The molecule has 18 heavy (non-hydrogen) atoms. The normalized spacial score (nSPS) is 10.2. The molecule has 0 saturated heterocycles. The second kappa shape index (κ2) is 5.82. The van der Waals surface area contributed by atoms with Crippen molar-refractivity contribution in [2.75, 3.05) is 38.7 Å². The maximum absolute atomic E-state index is 11.8. The van der Waals surface area contributed by atoms with Gasteiger partial charge in [-0.3, -0.25) is 14.6 Å². The van der Waals surface area contributed by atoms with Crippen LogP contribution in [0.5, 0.6) is 5.75 Å². The molecule has 0 aliphatic carbocycles. The van der Waals surface area contributed by atoms with E-state index in [-0.39, 0.29) is 11.6 Å². The van der Waals surface area contributed by atoms with Gasteiger partial charge in [0.05, 0.1) is 0 Å². The number of aromatic hydroxyl groups is 1. The summed E-state index contributed by atoms with van der Waals surface area (Å²) in [6.07, 6.45) is 0.790. The Balaban J connectivity index is 3.27. The van der Waals surface area contributed by atoms with Crippen LogP contribution in [0.25, 0.3) is 0 Å². The van der Waals surface area contributed by atoms with Gasteiger partial charge in [-0.05, 0) is 6.16 Å². The minimum atomic E-state index is -0.721. The maximum atomic E-state index is 11.8. The molecule has 7 nitrogen and oxygen atoms in total. The van der Waals surface area contributed by atoms with E-state index in [2.05, 4.69) is 19.2 Å². The van der Waals surface area contributed by atoms with Crippen molar-refractivity contribution in [2.45, 2.75) is 0 Å². The molecule has 1 heterocycles. The van der Waals surface area contributed by atoms with Crippen LogP contribution in [-0.2, 0) is 0 Å². The maximum Gasteiger partial charge on any atom is 0.295 e. The molecule has 1 amide bonds. The summed E-state index contributed by atoms with van der Waals surface area (Å²) in [6, 6.07) is 0. The first-order valence-electron chi connectivity index (χ1n) is 5.34. The van der Waals surface area contributed by atoms with Gasteiger partial charge in [-0.25, -0.2) is 4.98 Å². The number of amides is 1. The van der Waals surface area contributed by atoms with Gasteiger partial charge in [0.25, 0.3) is 11.5 Å². The van der Waals surface area contributed by atoms with E-state index in [0.29, 0.717) is 6.54 Å². The summed E-state index contributed by atoms with van der Waals surface area (Å²) < 4.78 is 0. The highest BCUT2D eigenvalue weighted by Crippen LogP contribution is 2.13. The lowest BCUT2D eigenvalue weighted by molar-refractivity contribution is 0.0818. The summed E-state index contributed by atoms with van der Waals surface area (Å²) in [6.45, 7) is 0.647. The quantitative estimate of drug-likeness (QED) is 0.720. The van der Waals surface area contributed by atoms with E-state index in [1.54, 1.807) is 11.9 Å². The number of anilines is 1. The van der Waals surface area contributed by atoms with Crippen LogP contribution in [0.4, 0.5) is 5.95 Å². The number of carbonyl (C=O) groups is 1. The van der Waals surface area contributed by atoms with Gasteiger partial charge in [0, 0.05) is 27.7 Å². The van der Waals surface area contributed by atoms with Crippen molar-refractivity contribution in [1.29, 1.82) is 0 Å². The van der Waals surface area contributed by atoms with E-state index in [4.69, 9.17) is 0 Å². The molecule has 0 aliphatic heterocycles. The number of nitrogens with one attached hydrogen (secondary N) is 1. The van der Waals surface area contributed by atoms with Crippen molar-refractivity contribution in [1.82, 2.24) is 14.9 Å². The smallest absolute Gasteiger partial charge is 0.295 e. The molecule has 1 aromatic heterocycles. The molecule has 0 spiro atoms. The summed E-state index contributed by atoms with van der Waals surface area (Å²) in [5.41, 5.74) is -0.963. The number of H-pyrrole nitrogens is 1. The minimum Gasteiger partial charge on any atom is -0.501 e.